The van der Waals surface area contributed by atoms with Crippen molar-refractivity contribution in [3.63, 3.8) is 0 Å². The minimum Gasteiger partial charge on any atom is -0.477 e. The lowest BCUT2D eigenvalue weighted by atomic mass is 10.0. The summed E-state index contributed by atoms with van der Waals surface area (Å²) < 4.78 is 15.3. The molecule has 5 nitrogen and oxygen atoms in total. The molecule has 1 aromatic heterocycles. The zero-order chi connectivity index (χ0) is 15.0. The SMILES string of the molecule is Cc1cc(N)cc(C(=O)c2cc(C(=O)O)n(C)c2)c1F. The van der Waals surface area contributed by atoms with E-state index in [0.29, 0.717) is 0 Å². The van der Waals surface area contributed by atoms with Gasteiger partial charge in [0.05, 0.1) is 5.56 Å². The Bertz CT molecular complexity index is 719. The van der Waals surface area contributed by atoms with E-state index in [1.807, 2.05) is 0 Å². The second kappa shape index (κ2) is 4.80. The molecule has 0 saturated heterocycles. The van der Waals surface area contributed by atoms with E-state index in [1.54, 1.807) is 0 Å². The first kappa shape index (κ1) is 13.8. The van der Waals surface area contributed by atoms with Crippen LogP contribution in [0.25, 0.3) is 0 Å². The lowest BCUT2D eigenvalue weighted by Gasteiger charge is -2.05. The van der Waals surface area contributed by atoms with Crippen molar-refractivity contribution < 1.29 is 19.1 Å². The zero-order valence-corrected chi connectivity index (χ0v) is 11.0. The third kappa shape index (κ3) is 2.27. The first-order valence-corrected chi connectivity index (χ1v) is 5.81. The maximum absolute atomic E-state index is 14.0. The van der Waals surface area contributed by atoms with Crippen LogP contribution in [0.4, 0.5) is 10.1 Å². The smallest absolute Gasteiger partial charge is 0.352 e. The standard InChI is InChI=1S/C14H13FN2O3/c1-7-3-9(16)5-10(12(7)15)13(18)8-4-11(14(19)20)17(2)6-8/h3-6H,16H2,1-2H3,(H,19,20). The number of carbonyl (C=O) groups is 2. The first-order valence-electron chi connectivity index (χ1n) is 5.81. The van der Waals surface area contributed by atoms with E-state index in [4.69, 9.17) is 10.8 Å². The fourth-order valence-electron chi connectivity index (χ4n) is 2.02. The van der Waals surface area contributed by atoms with Gasteiger partial charge in [-0.3, -0.25) is 4.79 Å². The molecule has 0 atom stereocenters. The lowest BCUT2D eigenvalue weighted by Crippen LogP contribution is -2.06. The quantitative estimate of drug-likeness (QED) is 0.663. The molecule has 1 aromatic carbocycles. The Hall–Kier alpha value is -2.63. The number of hydrogen-bond acceptors (Lipinski definition) is 3. The average Bonchev–Trinajstić information content (AvgIpc) is 2.75. The van der Waals surface area contributed by atoms with Gasteiger partial charge >= 0.3 is 5.97 Å². The number of nitrogens with zero attached hydrogens (tertiary/aromatic N) is 1. The van der Waals surface area contributed by atoms with Crippen LogP contribution in [0.1, 0.15) is 32.0 Å². The van der Waals surface area contributed by atoms with Gasteiger partial charge in [-0.25, -0.2) is 9.18 Å². The molecule has 0 aliphatic carbocycles. The van der Waals surface area contributed by atoms with E-state index < -0.39 is 17.6 Å². The van der Waals surface area contributed by atoms with Gasteiger partial charge in [-0.1, -0.05) is 0 Å². The van der Waals surface area contributed by atoms with Crippen LogP contribution in [0.5, 0.6) is 0 Å². The number of carboxylic acids is 1. The van der Waals surface area contributed by atoms with Crippen molar-refractivity contribution in [2.75, 3.05) is 5.73 Å². The lowest BCUT2D eigenvalue weighted by molar-refractivity contribution is 0.0686. The highest BCUT2D eigenvalue weighted by molar-refractivity contribution is 6.10. The average molecular weight is 276 g/mol. The molecule has 20 heavy (non-hydrogen) atoms. The zero-order valence-electron chi connectivity index (χ0n) is 11.0. The molecule has 0 aliphatic heterocycles. The number of ketones is 1. The number of nitrogen functional groups attached to an aromatic ring is 1. The number of rotatable bonds is 3. The predicted molar refractivity (Wildman–Crippen MR) is 71.4 cm³/mol. The molecule has 2 rings (SSSR count). The van der Waals surface area contributed by atoms with Crippen molar-refractivity contribution in [1.82, 2.24) is 4.57 Å². The van der Waals surface area contributed by atoms with Crippen molar-refractivity contribution in [3.05, 3.63) is 52.6 Å². The van der Waals surface area contributed by atoms with Crippen molar-refractivity contribution in [3.8, 4) is 0 Å². The molecule has 3 N–H and O–H groups in total. The highest BCUT2D eigenvalue weighted by Crippen LogP contribution is 2.21. The van der Waals surface area contributed by atoms with Crippen LogP contribution in [0, 0.1) is 12.7 Å². The molecule has 0 aliphatic rings. The molecular weight excluding hydrogens is 263 g/mol. The minimum absolute atomic E-state index is 0.0469. The Morgan fingerprint density at radius 2 is 1.95 bits per heavy atom. The Labute approximate surface area is 114 Å². The number of benzene rings is 1. The normalized spacial score (nSPS) is 10.6. The summed E-state index contributed by atoms with van der Waals surface area (Å²) in [6.45, 7) is 1.51. The Kier molecular flexibility index (Phi) is 3.31. The Balaban J connectivity index is 2.52. The fraction of sp³-hybridized carbons (Fsp3) is 0.143. The fourth-order valence-corrected chi connectivity index (χ4v) is 2.02. The van der Waals surface area contributed by atoms with E-state index in [2.05, 4.69) is 0 Å². The Morgan fingerprint density at radius 1 is 1.30 bits per heavy atom. The van der Waals surface area contributed by atoms with Crippen LogP contribution in [-0.4, -0.2) is 21.4 Å². The van der Waals surface area contributed by atoms with Crippen molar-refractivity contribution in [1.29, 1.82) is 0 Å². The summed E-state index contributed by atoms with van der Waals surface area (Å²) in [5, 5.41) is 8.95. The highest BCUT2D eigenvalue weighted by atomic mass is 19.1. The van der Waals surface area contributed by atoms with E-state index in [9.17, 15) is 14.0 Å². The largest absolute Gasteiger partial charge is 0.477 e. The van der Waals surface area contributed by atoms with Crippen LogP contribution in [0.15, 0.2) is 24.4 Å². The van der Waals surface area contributed by atoms with Gasteiger partial charge in [0, 0.05) is 24.5 Å². The van der Waals surface area contributed by atoms with Crippen LogP contribution in [0.3, 0.4) is 0 Å². The maximum atomic E-state index is 14.0. The number of nitrogens with two attached hydrogens (primary N) is 1. The van der Waals surface area contributed by atoms with Gasteiger partial charge in [0.2, 0.25) is 0 Å². The van der Waals surface area contributed by atoms with Gasteiger partial charge in [-0.2, -0.15) is 0 Å². The van der Waals surface area contributed by atoms with Crippen LogP contribution in [0.2, 0.25) is 0 Å². The number of aryl methyl sites for hydroxylation is 2. The van der Waals surface area contributed by atoms with Crippen molar-refractivity contribution in [2.45, 2.75) is 6.92 Å². The molecule has 6 heteroatoms. The van der Waals surface area contributed by atoms with Gasteiger partial charge in [0.25, 0.3) is 0 Å². The van der Waals surface area contributed by atoms with Crippen molar-refractivity contribution >= 4 is 17.4 Å². The molecule has 0 amide bonds. The molecule has 104 valence electrons. The molecule has 1 heterocycles. The predicted octanol–water partition coefficient (Wildman–Crippen LogP) is 1.98. The molecule has 0 spiro atoms. The van der Waals surface area contributed by atoms with Gasteiger partial charge in [-0.15, -0.1) is 0 Å². The van der Waals surface area contributed by atoms with Gasteiger partial charge in [0.1, 0.15) is 11.5 Å². The minimum atomic E-state index is -1.16. The number of hydrogen-bond donors (Lipinski definition) is 2. The van der Waals surface area contributed by atoms with Gasteiger partial charge in [0.15, 0.2) is 5.78 Å². The van der Waals surface area contributed by atoms with Gasteiger partial charge in [-0.05, 0) is 30.7 Å². The number of carboxylic acid groups (broad SMARTS) is 1. The summed E-state index contributed by atoms with van der Waals surface area (Å²) >= 11 is 0. The van der Waals surface area contributed by atoms with E-state index >= 15 is 0 Å². The number of carbonyl (C=O) groups excluding carboxylic acids is 1. The second-order valence-electron chi connectivity index (χ2n) is 4.56. The Morgan fingerprint density at radius 3 is 2.50 bits per heavy atom. The topological polar surface area (TPSA) is 85.3 Å². The number of aromatic carboxylic acids is 1. The summed E-state index contributed by atoms with van der Waals surface area (Å²) in [5.74, 6) is -2.40. The van der Waals surface area contributed by atoms with E-state index in [-0.39, 0.29) is 28.1 Å². The van der Waals surface area contributed by atoms with Crippen LogP contribution in [-0.2, 0) is 7.05 Å². The summed E-state index contributed by atoms with van der Waals surface area (Å²) in [6, 6.07) is 3.89. The summed E-state index contributed by atoms with van der Waals surface area (Å²) in [7, 11) is 1.50. The first-order chi connectivity index (χ1) is 9.31. The molecule has 0 bridgehead atoms. The van der Waals surface area contributed by atoms with Gasteiger partial charge < -0.3 is 15.4 Å². The summed E-state index contributed by atoms with van der Waals surface area (Å²) in [5.41, 5.74) is 6.05. The molecule has 0 unspecified atom stereocenters. The van der Waals surface area contributed by atoms with Crippen LogP contribution >= 0.6 is 0 Å². The van der Waals surface area contributed by atoms with E-state index in [1.165, 1.54) is 42.9 Å². The van der Waals surface area contributed by atoms with E-state index in [0.717, 1.165) is 0 Å². The summed E-state index contributed by atoms with van der Waals surface area (Å²) in [6.07, 6.45) is 1.35. The van der Waals surface area contributed by atoms with Crippen molar-refractivity contribution in [2.24, 2.45) is 7.05 Å². The molecule has 0 radical (unpaired) electrons. The molecule has 2 aromatic rings. The summed E-state index contributed by atoms with van der Waals surface area (Å²) in [4.78, 5) is 23.2. The highest BCUT2D eigenvalue weighted by Gasteiger charge is 2.20. The number of halogens is 1. The monoisotopic (exact) mass is 276 g/mol. The molecular formula is C14H13FN2O3. The third-order valence-electron chi connectivity index (χ3n) is 3.01. The maximum Gasteiger partial charge on any atom is 0.352 e. The molecule has 0 saturated carbocycles. The third-order valence-corrected chi connectivity index (χ3v) is 3.01. The molecule has 0 fully saturated rings. The number of aromatic nitrogens is 1. The number of anilines is 1. The second-order valence-corrected chi connectivity index (χ2v) is 4.56. The van der Waals surface area contributed by atoms with Crippen LogP contribution < -0.4 is 5.73 Å².